The molecule has 8 heteroatoms. The number of rotatable bonds is 0. The van der Waals surface area contributed by atoms with Gasteiger partial charge in [-0.3, -0.25) is 0 Å². The first kappa shape index (κ1) is 61.0. The largest absolute Gasteiger partial charge is 0.153 e. The second kappa shape index (κ2) is 48.9. The second-order valence-electron chi connectivity index (χ2n) is 0. The number of hydrogen-bond acceptors (Lipinski definition) is 0. The Balaban J connectivity index is 0. The van der Waals surface area contributed by atoms with Crippen molar-refractivity contribution in [2.24, 2.45) is 0 Å². The molecule has 1 unspecified atom stereocenters. The van der Waals surface area contributed by atoms with Gasteiger partial charge in [0.25, 0.3) is 0 Å². The Bertz CT molecular complexity index is 24.0. The Morgan fingerprint density at radius 1 is 1.00 bits per heavy atom. The van der Waals surface area contributed by atoms with Gasteiger partial charge in [0, 0.05) is 193 Å². The molecule has 0 bridgehead atoms. The molecule has 0 N–H and O–H groups in total. The van der Waals surface area contributed by atoms with E-state index in [2.05, 4.69) is 0 Å². The molecule has 0 saturated heterocycles. The van der Waals surface area contributed by atoms with Crippen LogP contribution in [0.5, 0.6) is 0 Å². The zero-order valence-electron chi connectivity index (χ0n) is 4.28. The van der Waals surface area contributed by atoms with Crippen LogP contribution >= 0.6 is 9.90 Å². The third kappa shape index (κ3) is 38.6. The van der Waals surface area contributed by atoms with Gasteiger partial charge >= 0.3 is 0 Å². The smallest absolute Gasteiger partial charge is 0 e. The van der Waals surface area contributed by atoms with Crippen molar-refractivity contribution in [2.45, 2.75) is 0 Å². The molecule has 1 atom stereocenters. The Hall–Kier alpha value is 6.79. The fourth-order valence-corrected chi connectivity index (χ4v) is 0. The molecule has 0 aliphatic carbocycles. The quantitative estimate of drug-likeness (QED) is 0.254. The van der Waals surface area contributed by atoms with Gasteiger partial charge < -0.3 is 0 Å². The van der Waals surface area contributed by atoms with Gasteiger partial charge in [0.15, 0.2) is 0 Å². The fourth-order valence-electron chi connectivity index (χ4n) is 0. The molecule has 0 aliphatic rings. The minimum atomic E-state index is 0. The molecule has 0 aromatic heterocycles. The molecular formula is H3CeCuLaMgMoPTiY. The van der Waals surface area contributed by atoms with Crippen molar-refractivity contribution < 1.29 is 170 Å². The van der Waals surface area contributed by atoms with E-state index in [-0.39, 0.29) is 203 Å². The van der Waals surface area contributed by atoms with Gasteiger partial charge in [-0.25, -0.2) is 0 Å². The van der Waals surface area contributed by atoms with Crippen molar-refractivity contribution in [1.82, 2.24) is 0 Å². The van der Waals surface area contributed by atoms with E-state index in [0.29, 0.717) is 0 Å². The molecule has 0 rings (SSSR count). The van der Waals surface area contributed by atoms with Crippen molar-refractivity contribution in [1.29, 1.82) is 0 Å². The maximum absolute atomic E-state index is 0. The summed E-state index contributed by atoms with van der Waals surface area (Å²) in [7, 11) is 0. The van der Waals surface area contributed by atoms with Crippen LogP contribution in [-0.4, -0.2) is 23.1 Å². The SMILES string of the molecule is P.[Ce].[Cu].[La].[Mg].[Mo].[Ti].[Y]. The van der Waals surface area contributed by atoms with Crippen molar-refractivity contribution in [3.05, 3.63) is 0 Å². The molecule has 0 heterocycles. The Morgan fingerprint density at radius 3 is 1.00 bits per heavy atom. The first-order chi connectivity index (χ1) is 0. The third-order valence-corrected chi connectivity index (χ3v) is 0. The average molecular weight is 634 g/mol. The molecule has 0 fully saturated rings. The number of hydrogen-bond donors (Lipinski definition) is 0. The van der Waals surface area contributed by atoms with E-state index in [1.54, 1.807) is 0 Å². The maximum Gasteiger partial charge on any atom is 0 e. The first-order valence-electron chi connectivity index (χ1n) is 0. The standard InChI is InChI=1S/Ce.Cu.La.Mg.Mo.H3P.Ti.Y/h;;;;;1H3;;. The van der Waals surface area contributed by atoms with Crippen LogP contribution in [0.15, 0.2) is 0 Å². The summed E-state index contributed by atoms with van der Waals surface area (Å²) in [6, 6.07) is 0. The Labute approximate surface area is 197 Å². The van der Waals surface area contributed by atoms with Crippen LogP contribution in [0.25, 0.3) is 0 Å². The van der Waals surface area contributed by atoms with Gasteiger partial charge in [0.05, 0.1) is 0 Å². The molecule has 5 radical (unpaired) electrons. The molecular weight excluding hydrogens is 631 g/mol. The topological polar surface area (TPSA) is 0 Å². The molecule has 0 saturated carbocycles. The van der Waals surface area contributed by atoms with Crippen LogP contribution < -0.4 is 0 Å². The molecule has 0 nitrogen and oxygen atoms in total. The van der Waals surface area contributed by atoms with Crippen molar-refractivity contribution >= 4 is 33.0 Å². The summed E-state index contributed by atoms with van der Waals surface area (Å²) in [6.45, 7) is 0. The molecule has 0 amide bonds. The van der Waals surface area contributed by atoms with Crippen molar-refractivity contribution in [3.8, 4) is 0 Å². The van der Waals surface area contributed by atoms with Crippen LogP contribution in [0.3, 0.4) is 0 Å². The Kier molecular flexibility index (Phi) is 373. The predicted molar refractivity (Wildman–Crippen MR) is 16.9 cm³/mol. The summed E-state index contributed by atoms with van der Waals surface area (Å²) in [4.78, 5) is 0. The van der Waals surface area contributed by atoms with Gasteiger partial charge in [0.1, 0.15) is 0 Å². The van der Waals surface area contributed by atoms with E-state index in [9.17, 15) is 0 Å². The van der Waals surface area contributed by atoms with Crippen molar-refractivity contribution in [3.63, 3.8) is 0 Å². The minimum absolute atomic E-state index is 0. The van der Waals surface area contributed by atoms with Crippen LogP contribution in [0, 0.1) is 77.3 Å². The molecule has 8 heavy (non-hydrogen) atoms. The van der Waals surface area contributed by atoms with Crippen LogP contribution in [-0.2, 0) is 92.6 Å². The van der Waals surface area contributed by atoms with E-state index in [4.69, 9.17) is 0 Å². The first-order valence-corrected chi connectivity index (χ1v) is 0. The monoisotopic (exact) mass is 634 g/mol. The van der Waals surface area contributed by atoms with Crippen LogP contribution in [0.4, 0.5) is 0 Å². The molecule has 41 valence electrons. The summed E-state index contributed by atoms with van der Waals surface area (Å²) in [5.74, 6) is 0. The average Bonchev–Trinajstić information content (AvgIpc) is 0. The van der Waals surface area contributed by atoms with Gasteiger partial charge in [-0.15, -0.1) is 0 Å². The fraction of sp³-hybridized carbons (Fsp3) is 0. The van der Waals surface area contributed by atoms with E-state index in [1.807, 2.05) is 0 Å². The molecule has 0 aromatic rings. The van der Waals surface area contributed by atoms with E-state index < -0.39 is 0 Å². The third-order valence-electron chi connectivity index (χ3n) is 0. The van der Waals surface area contributed by atoms with Crippen LogP contribution in [0.1, 0.15) is 0 Å². The van der Waals surface area contributed by atoms with Gasteiger partial charge in [-0.1, -0.05) is 0 Å². The van der Waals surface area contributed by atoms with E-state index >= 15 is 0 Å². The van der Waals surface area contributed by atoms with E-state index in [0.717, 1.165) is 0 Å². The second-order valence-corrected chi connectivity index (χ2v) is 0. The Morgan fingerprint density at radius 2 is 1.00 bits per heavy atom. The van der Waals surface area contributed by atoms with Gasteiger partial charge in [-0.05, 0) is 0 Å². The summed E-state index contributed by atoms with van der Waals surface area (Å²) in [5.41, 5.74) is 0. The van der Waals surface area contributed by atoms with Gasteiger partial charge in [-0.2, -0.15) is 9.90 Å². The summed E-state index contributed by atoms with van der Waals surface area (Å²) < 4.78 is 0. The maximum atomic E-state index is 0. The summed E-state index contributed by atoms with van der Waals surface area (Å²) in [5, 5.41) is 0. The van der Waals surface area contributed by atoms with Crippen molar-refractivity contribution in [2.75, 3.05) is 0 Å². The minimum Gasteiger partial charge on any atom is -0.153 e. The summed E-state index contributed by atoms with van der Waals surface area (Å²) >= 11 is 0. The van der Waals surface area contributed by atoms with Crippen LogP contribution in [0.2, 0.25) is 0 Å². The molecule has 0 spiro atoms. The zero-order valence-corrected chi connectivity index (χ0v) is 21.2. The van der Waals surface area contributed by atoms with Gasteiger partial charge in [0.2, 0.25) is 0 Å². The molecule has 0 aliphatic heterocycles. The molecule has 0 aromatic carbocycles. The zero-order chi connectivity index (χ0) is 0. The predicted octanol–water partition coefficient (Wildman–Crippen LogP) is -0.333. The summed E-state index contributed by atoms with van der Waals surface area (Å²) in [6.07, 6.45) is 0. The normalized spacial score (nSPS) is 0. The van der Waals surface area contributed by atoms with E-state index in [1.165, 1.54) is 0 Å².